The van der Waals surface area contributed by atoms with Crippen LogP contribution >= 0.6 is 0 Å². The lowest BCUT2D eigenvalue weighted by Gasteiger charge is -2.31. The zero-order chi connectivity index (χ0) is 68.3. The predicted molar refractivity (Wildman–Crippen MR) is 368 cm³/mol. The fourth-order valence-corrected chi connectivity index (χ4v) is 14.1. The first-order valence-electron chi connectivity index (χ1n) is 34.2. The van der Waals surface area contributed by atoms with E-state index in [9.17, 15) is 38.7 Å². The number of aliphatic hydroxyl groups excluding tert-OH is 1. The van der Waals surface area contributed by atoms with Gasteiger partial charge < -0.3 is 64.8 Å². The van der Waals surface area contributed by atoms with E-state index in [1.807, 2.05) is 58.5 Å². The van der Waals surface area contributed by atoms with Crippen LogP contribution in [0.5, 0.6) is 23.0 Å². The molecule has 5 aromatic carbocycles. The van der Waals surface area contributed by atoms with Crippen LogP contribution < -0.4 is 50.0 Å². The van der Waals surface area contributed by atoms with E-state index < -0.39 is 42.3 Å². The molecule has 2 saturated carbocycles. The number of nitrogens with zero attached hydrogens (tertiary/aromatic N) is 5. The predicted octanol–water partition coefficient (Wildman–Crippen LogP) is 10.7. The lowest BCUT2D eigenvalue weighted by Crippen LogP contribution is -2.53. The Kier molecular flexibility index (Phi) is 20.0. The Morgan fingerprint density at radius 3 is 2.02 bits per heavy atom. The van der Waals surface area contributed by atoms with Crippen molar-refractivity contribution in [2.75, 3.05) is 55.6 Å². The van der Waals surface area contributed by atoms with Gasteiger partial charge in [0.25, 0.3) is 11.8 Å². The molecule has 7 amide bonds. The average Bonchev–Trinajstić information content (AvgIpc) is 1.57. The number of fused-ring (bicyclic) bond motifs is 6. The quantitative estimate of drug-likeness (QED) is 0.0341. The number of ether oxygens (including phenoxy) is 5. The van der Waals surface area contributed by atoms with E-state index in [1.54, 1.807) is 81.3 Å². The van der Waals surface area contributed by atoms with E-state index in [2.05, 4.69) is 47.3 Å². The molecule has 2 aliphatic carbocycles. The van der Waals surface area contributed by atoms with Gasteiger partial charge in [0, 0.05) is 72.8 Å². The maximum atomic E-state index is 14.5. The first-order valence-corrected chi connectivity index (χ1v) is 34.2. The van der Waals surface area contributed by atoms with E-state index in [-0.39, 0.29) is 101 Å². The minimum atomic E-state index is -1.45. The minimum Gasteiger partial charge on any atom is -0.493 e. The zero-order valence-corrected chi connectivity index (χ0v) is 56.5. The number of carbonyl (C=O) groups is 7. The summed E-state index contributed by atoms with van der Waals surface area (Å²) in [5.74, 6) is -0.595. The third-order valence-corrected chi connectivity index (χ3v) is 19.9. The van der Waals surface area contributed by atoms with Crippen LogP contribution in [0.1, 0.15) is 161 Å². The highest BCUT2D eigenvalue weighted by Gasteiger charge is 2.58. The molecule has 7 aliphatic rings. The highest BCUT2D eigenvalue weighted by atomic mass is 16.6. The number of aliphatic hydroxyl groups is 1. The number of para-hydroxylation sites is 1. The molecule has 2 spiro atoms. The molecule has 0 aromatic heterocycles. The number of rotatable bonds is 25. The molecule has 5 aliphatic heterocycles. The second kappa shape index (κ2) is 28.7. The zero-order valence-electron chi connectivity index (χ0n) is 56.5. The number of benzene rings is 5. The molecule has 512 valence electrons. The van der Waals surface area contributed by atoms with Gasteiger partial charge >= 0.3 is 6.09 Å². The highest BCUT2D eigenvalue weighted by Crippen LogP contribution is 2.58. The second-order valence-corrected chi connectivity index (χ2v) is 27.8. The first-order chi connectivity index (χ1) is 46.7. The molecule has 4 fully saturated rings. The molecular weight excluding hydrogens is 1230 g/mol. The van der Waals surface area contributed by atoms with Gasteiger partial charge in [0.05, 0.1) is 74.3 Å². The Morgan fingerprint density at radius 1 is 0.670 bits per heavy atom. The van der Waals surface area contributed by atoms with Crippen molar-refractivity contribution in [1.82, 2.24) is 25.8 Å². The van der Waals surface area contributed by atoms with Crippen molar-refractivity contribution in [2.45, 2.75) is 168 Å². The van der Waals surface area contributed by atoms with Crippen molar-refractivity contribution in [3.05, 3.63) is 130 Å². The van der Waals surface area contributed by atoms with Gasteiger partial charge in [-0.05, 0) is 156 Å². The summed E-state index contributed by atoms with van der Waals surface area (Å²) >= 11 is 0. The number of carbonyl (C=O) groups excluding carboxylic acids is 7. The summed E-state index contributed by atoms with van der Waals surface area (Å²) in [6.07, 6.45) is 10.5. The van der Waals surface area contributed by atoms with Gasteiger partial charge in [0.15, 0.2) is 29.2 Å². The van der Waals surface area contributed by atoms with Crippen LogP contribution in [0.3, 0.4) is 0 Å². The topological polar surface area (TPSA) is 259 Å². The Labute approximate surface area is 566 Å². The number of nitrogens with one attached hydrogen (secondary N) is 4. The summed E-state index contributed by atoms with van der Waals surface area (Å²) in [6, 6.07) is 26.7. The van der Waals surface area contributed by atoms with Gasteiger partial charge in [0.1, 0.15) is 18.7 Å². The molecule has 2 saturated heterocycles. The van der Waals surface area contributed by atoms with Crippen molar-refractivity contribution in [2.24, 2.45) is 21.7 Å². The lowest BCUT2D eigenvalue weighted by molar-refractivity contribution is -0.131. The first kappa shape index (κ1) is 67.5. The maximum absolute atomic E-state index is 14.5. The number of amides is 7. The minimum absolute atomic E-state index is 0.00739. The number of unbranched alkanes of at least 4 members (excludes halogenated alkanes) is 3. The second-order valence-electron chi connectivity index (χ2n) is 27.8. The van der Waals surface area contributed by atoms with Crippen LogP contribution in [0.4, 0.5) is 27.5 Å². The number of anilines is 3. The Balaban J connectivity index is 0.612. The van der Waals surface area contributed by atoms with E-state index in [1.165, 1.54) is 7.11 Å². The van der Waals surface area contributed by atoms with Gasteiger partial charge in [-0.2, -0.15) is 0 Å². The van der Waals surface area contributed by atoms with Crippen LogP contribution in [0.15, 0.2) is 102 Å². The molecule has 0 bridgehead atoms. The summed E-state index contributed by atoms with van der Waals surface area (Å²) in [4.78, 5) is 108. The molecule has 97 heavy (non-hydrogen) atoms. The molecule has 12 rings (SSSR count). The van der Waals surface area contributed by atoms with Gasteiger partial charge in [-0.1, -0.05) is 68.4 Å². The molecule has 0 radical (unpaired) electrons. The summed E-state index contributed by atoms with van der Waals surface area (Å²) in [6.45, 7) is 11.3. The molecular formula is C75H89N9O13. The third kappa shape index (κ3) is 14.9. The standard InChI is InChI=1S/C75H89N9O13/c1-45(2)67(80-65(85)21-13-14-22-66(86)81-41-50-18-9-11-19-53(50)57(77-46(3)4)33-49-17-10-12-20-58(49)81)69(88)78-47(5)68(87)79-51-25-23-48(24-26-51)42-97-73(92)84-59-37-64(62(94-7)35-55(59)71(90)83-44-75(29-30-75)39-60(83)72(84)91)96-32-16-8-15-31-95-63-36-56-54(34-61(63)93-6)70(89)82-43-74(27-28-74)38-52(82)40-76-56/h9-12,17-20,23-26,33-37,40,45-47,52,60,67,72,77,91H,8,13-16,21-22,27-32,38-39,41-44H2,1-7H3,(H,78,88)(H,79,87)(H,80,85)/b57-33+/t47-,52?,60-,67-,72-/m0/s1. The molecule has 5 atom stereocenters. The van der Waals surface area contributed by atoms with E-state index in [4.69, 9.17) is 28.7 Å². The number of hydrogen-bond donors (Lipinski definition) is 5. The van der Waals surface area contributed by atoms with Crippen molar-refractivity contribution in [3.63, 3.8) is 0 Å². The van der Waals surface area contributed by atoms with Gasteiger partial charge in [-0.25, -0.2) is 9.69 Å². The lowest BCUT2D eigenvalue weighted by atomic mass is 9.97. The Bertz CT molecular complexity index is 3900. The fourth-order valence-electron chi connectivity index (χ4n) is 14.1. The van der Waals surface area contributed by atoms with E-state index in [0.29, 0.717) is 85.8 Å². The SMILES string of the molecule is COc1cc2c(cc1OCCCCCOc1cc3c(cc1OC)C(=O)N1CC4(CC4)C[C@H]1[C@H](O)N3C(=O)OCc1ccc(NC(=O)[C@H](C)NC(=O)[C@@H](NC(=O)CCCCC(=O)N3Cc4ccccc4/C(NC(C)C)=C\c4ccccc43)C(C)C)cc1)N=CC1CC3(CC3)CN1C2=O. The largest absolute Gasteiger partial charge is 0.493 e. The number of methoxy groups -OCH3 is 2. The fraction of sp³-hybridized carbons (Fsp3) is 0.467. The monoisotopic (exact) mass is 1320 g/mol. The smallest absolute Gasteiger partial charge is 0.416 e. The molecule has 5 aromatic rings. The number of hydrogen-bond acceptors (Lipinski definition) is 15. The molecule has 22 heteroatoms. The van der Waals surface area contributed by atoms with Gasteiger partial charge in [-0.15, -0.1) is 0 Å². The van der Waals surface area contributed by atoms with E-state index in [0.717, 1.165) is 78.0 Å². The normalized spacial score (nSPS) is 20.1. The summed E-state index contributed by atoms with van der Waals surface area (Å²) in [5, 5.41) is 24.2. The van der Waals surface area contributed by atoms with E-state index >= 15 is 0 Å². The van der Waals surface area contributed by atoms with Crippen LogP contribution in [0.25, 0.3) is 11.8 Å². The molecule has 22 nitrogen and oxygen atoms in total. The number of aliphatic imine (C=N–C) groups is 1. The third-order valence-electron chi connectivity index (χ3n) is 19.9. The summed E-state index contributed by atoms with van der Waals surface area (Å²) in [5.41, 5.74) is 7.23. The van der Waals surface area contributed by atoms with Crippen molar-refractivity contribution in [1.29, 1.82) is 0 Å². The van der Waals surface area contributed by atoms with Gasteiger partial charge in [-0.3, -0.25) is 33.8 Å². The Morgan fingerprint density at radius 2 is 1.32 bits per heavy atom. The Hall–Kier alpha value is -9.44. The summed E-state index contributed by atoms with van der Waals surface area (Å²) in [7, 11) is 3.03. The van der Waals surface area contributed by atoms with Crippen LogP contribution in [0, 0.1) is 16.7 Å². The summed E-state index contributed by atoms with van der Waals surface area (Å²) < 4.78 is 29.8. The van der Waals surface area contributed by atoms with Crippen molar-refractivity contribution < 1.29 is 62.4 Å². The van der Waals surface area contributed by atoms with Gasteiger partial charge in [0.2, 0.25) is 23.6 Å². The van der Waals surface area contributed by atoms with Crippen LogP contribution in [-0.4, -0.2) is 140 Å². The van der Waals surface area contributed by atoms with Crippen LogP contribution in [-0.2, 0) is 37.1 Å². The van der Waals surface area contributed by atoms with Crippen LogP contribution in [0.2, 0.25) is 0 Å². The maximum Gasteiger partial charge on any atom is 0.416 e. The molecule has 1 unspecified atom stereocenters. The molecule has 5 heterocycles. The molecule has 5 N–H and O–H groups in total. The highest BCUT2D eigenvalue weighted by molar-refractivity contribution is 6.07. The average molecular weight is 1320 g/mol. The van der Waals surface area contributed by atoms with Crippen molar-refractivity contribution in [3.8, 4) is 23.0 Å². The van der Waals surface area contributed by atoms with Crippen molar-refractivity contribution >= 4 is 82.3 Å².